The number of nitrogens with one attached hydrogen (secondary N) is 2. The van der Waals surface area contributed by atoms with Gasteiger partial charge in [0, 0.05) is 17.4 Å². The van der Waals surface area contributed by atoms with E-state index in [-0.39, 0.29) is 18.0 Å². The molecule has 0 heterocycles. The molecule has 19 heavy (non-hydrogen) atoms. The molecule has 0 unspecified atom stereocenters. The van der Waals surface area contributed by atoms with E-state index in [1.165, 1.54) is 7.11 Å². The molecule has 0 bridgehead atoms. The molecule has 0 spiro atoms. The van der Waals surface area contributed by atoms with E-state index in [2.05, 4.69) is 15.4 Å². The van der Waals surface area contributed by atoms with Crippen molar-refractivity contribution in [3.05, 3.63) is 23.8 Å². The Morgan fingerprint density at radius 2 is 2.16 bits per heavy atom. The van der Waals surface area contributed by atoms with Gasteiger partial charge in [0.05, 0.1) is 19.2 Å². The molecule has 1 aliphatic carbocycles. The van der Waals surface area contributed by atoms with Crippen molar-refractivity contribution in [1.82, 2.24) is 5.32 Å². The molecule has 6 nitrogen and oxygen atoms in total. The molecule has 4 N–H and O–H groups in total. The minimum Gasteiger partial charge on any atom is -0.465 e. The van der Waals surface area contributed by atoms with Crippen LogP contribution < -0.4 is 16.4 Å². The van der Waals surface area contributed by atoms with Crippen molar-refractivity contribution in [2.75, 3.05) is 24.7 Å². The second-order valence-corrected chi connectivity index (χ2v) is 4.49. The fraction of sp³-hybridized carbons (Fsp3) is 0.385. The lowest BCUT2D eigenvalue weighted by atomic mass is 10.1. The SMILES string of the molecule is COC(=O)c1cc(NCC(=O)NC2CC2)ccc1N. The first-order valence-electron chi connectivity index (χ1n) is 6.11. The maximum atomic E-state index is 11.5. The number of anilines is 2. The summed E-state index contributed by atoms with van der Waals surface area (Å²) >= 11 is 0. The largest absolute Gasteiger partial charge is 0.465 e. The first-order chi connectivity index (χ1) is 9.10. The summed E-state index contributed by atoms with van der Waals surface area (Å²) in [7, 11) is 1.30. The molecule has 1 aromatic carbocycles. The molecule has 0 saturated heterocycles. The van der Waals surface area contributed by atoms with Crippen molar-refractivity contribution in [3.63, 3.8) is 0 Å². The summed E-state index contributed by atoms with van der Waals surface area (Å²) in [6.07, 6.45) is 2.11. The first kappa shape index (κ1) is 13.2. The van der Waals surface area contributed by atoms with Crippen LogP contribution in [0.3, 0.4) is 0 Å². The molecule has 0 aromatic heterocycles. The summed E-state index contributed by atoms with van der Waals surface area (Å²) < 4.78 is 4.63. The lowest BCUT2D eigenvalue weighted by molar-refractivity contribution is -0.119. The summed E-state index contributed by atoms with van der Waals surface area (Å²) in [4.78, 5) is 23.0. The molecule has 6 heteroatoms. The second kappa shape index (κ2) is 5.60. The van der Waals surface area contributed by atoms with E-state index in [4.69, 9.17) is 5.73 Å². The summed E-state index contributed by atoms with van der Waals surface area (Å²) in [5.74, 6) is -0.553. The standard InChI is InChI=1S/C13H17N3O3/c1-19-13(18)10-6-9(4-5-11(10)14)15-7-12(17)16-8-2-3-8/h4-6,8,15H,2-3,7,14H2,1H3,(H,16,17). The van der Waals surface area contributed by atoms with Gasteiger partial charge < -0.3 is 21.1 Å². The first-order valence-corrected chi connectivity index (χ1v) is 6.11. The zero-order valence-corrected chi connectivity index (χ0v) is 10.7. The van der Waals surface area contributed by atoms with E-state index in [1.54, 1.807) is 18.2 Å². The number of nitrogen functional groups attached to an aromatic ring is 1. The maximum Gasteiger partial charge on any atom is 0.340 e. The Hall–Kier alpha value is -2.24. The van der Waals surface area contributed by atoms with E-state index >= 15 is 0 Å². The van der Waals surface area contributed by atoms with E-state index < -0.39 is 5.97 Å². The van der Waals surface area contributed by atoms with Gasteiger partial charge in [0.2, 0.25) is 5.91 Å². The number of amides is 1. The van der Waals surface area contributed by atoms with Gasteiger partial charge in [-0.2, -0.15) is 0 Å². The zero-order valence-electron chi connectivity index (χ0n) is 10.7. The Balaban J connectivity index is 1.95. The molecule has 1 fully saturated rings. The van der Waals surface area contributed by atoms with Gasteiger partial charge in [-0.15, -0.1) is 0 Å². The van der Waals surface area contributed by atoms with Crippen LogP contribution in [0, 0.1) is 0 Å². The predicted octanol–water partition coefficient (Wildman–Crippen LogP) is 0.746. The number of carbonyl (C=O) groups excluding carboxylic acids is 2. The number of esters is 1. The lowest BCUT2D eigenvalue weighted by Crippen LogP contribution is -2.31. The minimum absolute atomic E-state index is 0.0565. The molecule has 0 radical (unpaired) electrons. The molecule has 102 valence electrons. The van der Waals surface area contributed by atoms with Crippen LogP contribution in [0.15, 0.2) is 18.2 Å². The van der Waals surface area contributed by atoms with Crippen molar-refractivity contribution in [3.8, 4) is 0 Å². The van der Waals surface area contributed by atoms with E-state index in [0.717, 1.165) is 12.8 Å². The minimum atomic E-state index is -0.497. The number of carbonyl (C=O) groups is 2. The van der Waals surface area contributed by atoms with Crippen LogP contribution in [0.25, 0.3) is 0 Å². The third-order valence-electron chi connectivity index (χ3n) is 2.85. The van der Waals surface area contributed by atoms with Crippen LogP contribution in [-0.2, 0) is 9.53 Å². The average Bonchev–Trinajstić information content (AvgIpc) is 3.20. The van der Waals surface area contributed by atoms with E-state index in [0.29, 0.717) is 17.4 Å². The summed E-state index contributed by atoms with van der Waals surface area (Å²) in [6.45, 7) is 0.168. The molecule has 1 amide bonds. The molecular weight excluding hydrogens is 246 g/mol. The summed E-state index contributed by atoms with van der Waals surface area (Å²) in [6, 6.07) is 5.23. The van der Waals surface area contributed by atoms with Crippen molar-refractivity contribution in [1.29, 1.82) is 0 Å². The van der Waals surface area contributed by atoms with E-state index in [1.807, 2.05) is 0 Å². The van der Waals surface area contributed by atoms with Gasteiger partial charge in [-0.25, -0.2) is 4.79 Å². The molecule has 2 rings (SSSR count). The van der Waals surface area contributed by atoms with Crippen LogP contribution in [0.5, 0.6) is 0 Å². The van der Waals surface area contributed by atoms with Crippen LogP contribution >= 0.6 is 0 Å². The number of ether oxygens (including phenoxy) is 1. The summed E-state index contributed by atoms with van der Waals surface area (Å²) in [5, 5.41) is 5.82. The average molecular weight is 263 g/mol. The highest BCUT2D eigenvalue weighted by atomic mass is 16.5. The number of hydrogen-bond donors (Lipinski definition) is 3. The highest BCUT2D eigenvalue weighted by Gasteiger charge is 2.22. The number of methoxy groups -OCH3 is 1. The Kier molecular flexibility index (Phi) is 3.89. The van der Waals surface area contributed by atoms with Crippen molar-refractivity contribution >= 4 is 23.3 Å². The van der Waals surface area contributed by atoms with Gasteiger partial charge in [0.25, 0.3) is 0 Å². The third-order valence-corrected chi connectivity index (χ3v) is 2.85. The second-order valence-electron chi connectivity index (χ2n) is 4.49. The molecule has 1 saturated carbocycles. The van der Waals surface area contributed by atoms with Gasteiger partial charge in [0.15, 0.2) is 0 Å². The molecular formula is C13H17N3O3. The monoisotopic (exact) mass is 263 g/mol. The van der Waals surface area contributed by atoms with E-state index in [9.17, 15) is 9.59 Å². The summed E-state index contributed by atoms with van der Waals surface area (Å²) in [5.41, 5.74) is 6.98. The van der Waals surface area contributed by atoms with Gasteiger partial charge in [-0.1, -0.05) is 0 Å². The normalized spacial score (nSPS) is 13.7. The van der Waals surface area contributed by atoms with Crippen molar-refractivity contribution in [2.45, 2.75) is 18.9 Å². The van der Waals surface area contributed by atoms with Crippen LogP contribution in [0.2, 0.25) is 0 Å². The molecule has 0 atom stereocenters. The number of rotatable bonds is 5. The smallest absolute Gasteiger partial charge is 0.340 e. The van der Waals surface area contributed by atoms with Crippen LogP contribution in [0.4, 0.5) is 11.4 Å². The van der Waals surface area contributed by atoms with Crippen molar-refractivity contribution in [2.24, 2.45) is 0 Å². The Morgan fingerprint density at radius 3 is 2.79 bits per heavy atom. The Labute approximate surface area is 111 Å². The quantitative estimate of drug-likeness (QED) is 0.538. The number of hydrogen-bond acceptors (Lipinski definition) is 5. The third kappa shape index (κ3) is 3.61. The maximum absolute atomic E-state index is 11.5. The molecule has 1 aliphatic rings. The van der Waals surface area contributed by atoms with Crippen LogP contribution in [-0.4, -0.2) is 31.6 Å². The zero-order chi connectivity index (χ0) is 13.8. The van der Waals surface area contributed by atoms with Crippen LogP contribution in [0.1, 0.15) is 23.2 Å². The predicted molar refractivity (Wildman–Crippen MR) is 71.8 cm³/mol. The fourth-order valence-electron chi connectivity index (χ4n) is 1.64. The highest BCUT2D eigenvalue weighted by molar-refractivity contribution is 5.96. The topological polar surface area (TPSA) is 93.4 Å². The van der Waals surface area contributed by atoms with Gasteiger partial charge in [-0.3, -0.25) is 4.79 Å². The van der Waals surface area contributed by atoms with Gasteiger partial charge >= 0.3 is 5.97 Å². The Bertz CT molecular complexity index is 498. The number of nitrogens with two attached hydrogens (primary N) is 1. The molecule has 1 aromatic rings. The number of benzene rings is 1. The van der Waals surface area contributed by atoms with Gasteiger partial charge in [-0.05, 0) is 31.0 Å². The Morgan fingerprint density at radius 1 is 1.42 bits per heavy atom. The molecule has 0 aliphatic heterocycles. The lowest BCUT2D eigenvalue weighted by Gasteiger charge is -2.09. The highest BCUT2D eigenvalue weighted by Crippen LogP contribution is 2.19. The fourth-order valence-corrected chi connectivity index (χ4v) is 1.64. The van der Waals surface area contributed by atoms with Gasteiger partial charge in [0.1, 0.15) is 0 Å². The van der Waals surface area contributed by atoms with Crippen molar-refractivity contribution < 1.29 is 14.3 Å².